The Kier molecular flexibility index (Phi) is 3.57. The SMILES string of the molecule is CC1(C)[C@H](O)N2C(=O)[C@@H](NC(=O)Cc3ccccc3)[C@H]2S1=O. The first-order valence-electron chi connectivity index (χ1n) is 7.08. The second-order valence-electron chi connectivity index (χ2n) is 6.12. The highest BCUT2D eigenvalue weighted by Gasteiger charge is 2.65. The number of benzene rings is 1. The molecular weight excluding hydrogens is 304 g/mol. The molecule has 1 aromatic carbocycles. The lowest BCUT2D eigenvalue weighted by Crippen LogP contribution is -2.70. The van der Waals surface area contributed by atoms with Gasteiger partial charge in [0.1, 0.15) is 17.6 Å². The number of carbonyl (C=O) groups is 2. The van der Waals surface area contributed by atoms with Crippen LogP contribution in [0.15, 0.2) is 30.3 Å². The van der Waals surface area contributed by atoms with Gasteiger partial charge in [0.25, 0.3) is 5.91 Å². The summed E-state index contributed by atoms with van der Waals surface area (Å²) < 4.78 is 11.5. The van der Waals surface area contributed by atoms with Gasteiger partial charge in [0, 0.05) is 0 Å². The Labute approximate surface area is 131 Å². The number of nitrogens with one attached hydrogen (secondary N) is 1. The van der Waals surface area contributed by atoms with E-state index in [1.54, 1.807) is 13.8 Å². The Balaban J connectivity index is 1.69. The maximum Gasteiger partial charge on any atom is 0.251 e. The van der Waals surface area contributed by atoms with Crippen LogP contribution >= 0.6 is 0 Å². The normalized spacial score (nSPS) is 32.3. The van der Waals surface area contributed by atoms with Gasteiger partial charge in [-0.15, -0.1) is 0 Å². The fourth-order valence-electron chi connectivity index (χ4n) is 2.86. The van der Waals surface area contributed by atoms with E-state index in [9.17, 15) is 18.9 Å². The van der Waals surface area contributed by atoms with Gasteiger partial charge in [-0.05, 0) is 19.4 Å². The lowest BCUT2D eigenvalue weighted by atomic mass is 10.0. The maximum absolute atomic E-state index is 12.4. The van der Waals surface area contributed by atoms with Crippen LogP contribution in [-0.2, 0) is 26.8 Å². The summed E-state index contributed by atoms with van der Waals surface area (Å²) in [7, 11) is -1.42. The largest absolute Gasteiger partial charge is 0.372 e. The Bertz CT molecular complexity index is 646. The topological polar surface area (TPSA) is 86.7 Å². The molecule has 0 radical (unpaired) electrons. The quantitative estimate of drug-likeness (QED) is 0.751. The summed E-state index contributed by atoms with van der Waals surface area (Å²) in [6.07, 6.45) is -0.913. The fourth-order valence-corrected chi connectivity index (χ4v) is 4.66. The van der Waals surface area contributed by atoms with Gasteiger partial charge in [-0.25, -0.2) is 0 Å². The zero-order chi connectivity index (χ0) is 16.1. The molecule has 2 aliphatic heterocycles. The van der Waals surface area contributed by atoms with Crippen molar-refractivity contribution < 1.29 is 18.9 Å². The molecule has 1 aromatic rings. The molecule has 2 saturated heterocycles. The minimum absolute atomic E-state index is 0.163. The number of aliphatic hydroxyl groups is 1. The van der Waals surface area contributed by atoms with Crippen LogP contribution in [0.25, 0.3) is 0 Å². The number of hydrogen-bond acceptors (Lipinski definition) is 4. The van der Waals surface area contributed by atoms with Gasteiger partial charge in [-0.3, -0.25) is 18.7 Å². The van der Waals surface area contributed by atoms with Crippen molar-refractivity contribution in [2.45, 2.75) is 42.7 Å². The van der Waals surface area contributed by atoms with Crippen LogP contribution in [0, 0.1) is 0 Å². The highest BCUT2D eigenvalue weighted by molar-refractivity contribution is 7.87. The summed E-state index contributed by atoms with van der Waals surface area (Å²) in [5.41, 5.74) is 0.844. The molecule has 0 aromatic heterocycles. The first-order valence-corrected chi connectivity index (χ1v) is 8.29. The fraction of sp³-hybridized carbons (Fsp3) is 0.467. The van der Waals surface area contributed by atoms with E-state index in [4.69, 9.17) is 0 Å². The standard InChI is InChI=1S/C15H18N2O4S/c1-15(2)14(20)17-12(19)11(13(17)22(15)21)16-10(18)8-9-6-4-3-5-7-9/h3-7,11,13-14,20H,8H2,1-2H3,(H,16,18)/t11-,13-,14+,22?/m1/s1. The first-order chi connectivity index (χ1) is 10.3. The molecule has 2 amide bonds. The Morgan fingerprint density at radius 2 is 2.00 bits per heavy atom. The van der Waals surface area contributed by atoms with E-state index < -0.39 is 33.2 Å². The van der Waals surface area contributed by atoms with Crippen molar-refractivity contribution in [3.05, 3.63) is 35.9 Å². The molecule has 0 saturated carbocycles. The van der Waals surface area contributed by atoms with E-state index in [0.717, 1.165) is 5.56 Å². The molecule has 0 bridgehead atoms. The number of β-lactam (4-membered cyclic amide) rings is 1. The monoisotopic (exact) mass is 322 g/mol. The minimum atomic E-state index is -1.42. The number of fused-ring (bicyclic) bond motifs is 1. The lowest BCUT2D eigenvalue weighted by Gasteiger charge is -2.42. The van der Waals surface area contributed by atoms with Crippen molar-refractivity contribution in [1.82, 2.24) is 10.2 Å². The summed E-state index contributed by atoms with van der Waals surface area (Å²) in [6, 6.07) is 8.38. The van der Waals surface area contributed by atoms with Crippen LogP contribution in [0.5, 0.6) is 0 Å². The van der Waals surface area contributed by atoms with Crippen molar-refractivity contribution in [3.63, 3.8) is 0 Å². The number of aliphatic hydroxyl groups excluding tert-OH is 1. The molecule has 22 heavy (non-hydrogen) atoms. The highest BCUT2D eigenvalue weighted by atomic mass is 32.2. The zero-order valence-corrected chi connectivity index (χ0v) is 13.2. The molecule has 2 aliphatic rings. The molecule has 6 nitrogen and oxygen atoms in total. The third-order valence-corrected chi connectivity index (χ3v) is 6.41. The van der Waals surface area contributed by atoms with Crippen molar-refractivity contribution >= 4 is 22.6 Å². The second kappa shape index (κ2) is 5.17. The maximum atomic E-state index is 12.4. The molecule has 4 atom stereocenters. The number of hydrogen-bond donors (Lipinski definition) is 2. The summed E-state index contributed by atoms with van der Waals surface area (Å²) in [5, 5.41) is 12.1. The average molecular weight is 322 g/mol. The summed E-state index contributed by atoms with van der Waals surface area (Å²) in [4.78, 5) is 25.4. The predicted molar refractivity (Wildman–Crippen MR) is 80.9 cm³/mol. The van der Waals surface area contributed by atoms with Crippen LogP contribution in [0.1, 0.15) is 19.4 Å². The van der Waals surface area contributed by atoms with Crippen LogP contribution in [-0.4, -0.2) is 48.4 Å². The molecule has 7 heteroatoms. The highest BCUT2D eigenvalue weighted by Crippen LogP contribution is 2.42. The van der Waals surface area contributed by atoms with E-state index in [2.05, 4.69) is 5.32 Å². The predicted octanol–water partition coefficient (Wildman–Crippen LogP) is -0.259. The van der Waals surface area contributed by atoms with E-state index in [1.807, 2.05) is 30.3 Å². The average Bonchev–Trinajstić information content (AvgIpc) is 2.64. The molecular formula is C15H18N2O4S. The lowest BCUT2D eigenvalue weighted by molar-refractivity contribution is -0.162. The van der Waals surface area contributed by atoms with Gasteiger partial charge in [0.2, 0.25) is 5.91 Å². The van der Waals surface area contributed by atoms with Gasteiger partial charge in [-0.1, -0.05) is 30.3 Å². The molecule has 2 N–H and O–H groups in total. The van der Waals surface area contributed by atoms with Gasteiger partial charge in [0.15, 0.2) is 0 Å². The number of carbonyl (C=O) groups excluding carboxylic acids is 2. The van der Waals surface area contributed by atoms with Gasteiger partial charge in [0.05, 0.1) is 22.0 Å². The molecule has 1 unspecified atom stereocenters. The van der Waals surface area contributed by atoms with E-state index in [1.165, 1.54) is 4.90 Å². The summed E-state index contributed by atoms with van der Waals surface area (Å²) in [6.45, 7) is 3.31. The van der Waals surface area contributed by atoms with Gasteiger partial charge >= 0.3 is 0 Å². The van der Waals surface area contributed by atoms with Crippen molar-refractivity contribution in [2.75, 3.05) is 0 Å². The first kappa shape index (κ1) is 15.2. The second-order valence-corrected chi connectivity index (χ2v) is 8.25. The van der Waals surface area contributed by atoms with Gasteiger partial charge < -0.3 is 10.4 Å². The zero-order valence-electron chi connectivity index (χ0n) is 12.4. The molecule has 2 heterocycles. The number of amides is 2. The van der Waals surface area contributed by atoms with Gasteiger partial charge in [-0.2, -0.15) is 0 Å². The van der Waals surface area contributed by atoms with Crippen molar-refractivity contribution in [3.8, 4) is 0 Å². The van der Waals surface area contributed by atoms with Crippen LogP contribution < -0.4 is 5.32 Å². The van der Waals surface area contributed by atoms with Crippen LogP contribution in [0.3, 0.4) is 0 Å². The Morgan fingerprint density at radius 3 is 2.64 bits per heavy atom. The number of rotatable bonds is 3. The van der Waals surface area contributed by atoms with Crippen LogP contribution in [0.4, 0.5) is 0 Å². The van der Waals surface area contributed by atoms with Crippen LogP contribution in [0.2, 0.25) is 0 Å². The molecule has 0 aliphatic carbocycles. The van der Waals surface area contributed by atoms with Crippen molar-refractivity contribution in [1.29, 1.82) is 0 Å². The summed E-state index contributed by atoms with van der Waals surface area (Å²) >= 11 is 0. The summed E-state index contributed by atoms with van der Waals surface area (Å²) in [5.74, 6) is -0.668. The number of nitrogens with zero attached hydrogens (tertiary/aromatic N) is 1. The molecule has 0 spiro atoms. The molecule has 118 valence electrons. The molecule has 2 fully saturated rings. The third kappa shape index (κ3) is 2.16. The molecule has 3 rings (SSSR count). The Hall–Kier alpha value is -1.73. The van der Waals surface area contributed by atoms with Crippen molar-refractivity contribution in [2.24, 2.45) is 0 Å². The third-order valence-electron chi connectivity index (χ3n) is 4.23. The van der Waals surface area contributed by atoms with E-state index in [-0.39, 0.29) is 18.2 Å². The van der Waals surface area contributed by atoms with E-state index in [0.29, 0.717) is 0 Å². The van der Waals surface area contributed by atoms with E-state index >= 15 is 0 Å². The minimum Gasteiger partial charge on any atom is -0.372 e. The smallest absolute Gasteiger partial charge is 0.251 e. The Morgan fingerprint density at radius 1 is 1.36 bits per heavy atom.